The third-order valence-electron chi connectivity index (χ3n) is 5.72. The first kappa shape index (κ1) is 14.8. The van der Waals surface area contributed by atoms with E-state index in [1.165, 1.54) is 58.2 Å². The molecule has 3 fully saturated rings. The highest BCUT2D eigenvalue weighted by Gasteiger charge is 2.46. The molecule has 20 heavy (non-hydrogen) atoms. The summed E-state index contributed by atoms with van der Waals surface area (Å²) in [6.45, 7) is 10.5. The smallest absolute Gasteiger partial charge is 0.0469 e. The summed E-state index contributed by atoms with van der Waals surface area (Å²) < 4.78 is 5.52. The minimum Gasteiger partial charge on any atom is -0.381 e. The van der Waals surface area contributed by atoms with Gasteiger partial charge >= 0.3 is 0 Å². The highest BCUT2D eigenvalue weighted by molar-refractivity contribution is 5.04. The van der Waals surface area contributed by atoms with Gasteiger partial charge in [0.2, 0.25) is 0 Å². The molecule has 0 aromatic carbocycles. The summed E-state index contributed by atoms with van der Waals surface area (Å²) in [5.41, 5.74) is 0.384. The Bertz CT molecular complexity index is 312. The van der Waals surface area contributed by atoms with E-state index in [2.05, 4.69) is 24.1 Å². The third kappa shape index (κ3) is 3.37. The van der Waals surface area contributed by atoms with E-state index in [-0.39, 0.29) is 0 Å². The van der Waals surface area contributed by atoms with Crippen molar-refractivity contribution in [1.82, 2.24) is 10.2 Å². The van der Waals surface area contributed by atoms with E-state index in [1.54, 1.807) is 0 Å². The molecule has 0 aromatic rings. The van der Waals surface area contributed by atoms with Crippen LogP contribution >= 0.6 is 0 Å². The van der Waals surface area contributed by atoms with Crippen LogP contribution in [0.5, 0.6) is 0 Å². The van der Waals surface area contributed by atoms with Crippen molar-refractivity contribution in [2.45, 2.75) is 64.0 Å². The summed E-state index contributed by atoms with van der Waals surface area (Å²) in [4.78, 5) is 2.83. The maximum absolute atomic E-state index is 5.52. The molecule has 2 aliphatic heterocycles. The summed E-state index contributed by atoms with van der Waals surface area (Å²) in [6.07, 6.45) is 8.06. The fraction of sp³-hybridized carbons (Fsp3) is 1.00. The van der Waals surface area contributed by atoms with Gasteiger partial charge in [-0.05, 0) is 50.9 Å². The second-order valence-corrected chi connectivity index (χ2v) is 7.50. The summed E-state index contributed by atoms with van der Waals surface area (Å²) in [5, 5.41) is 3.89. The fourth-order valence-electron chi connectivity index (χ4n) is 4.17. The first-order valence-corrected chi connectivity index (χ1v) is 8.78. The molecule has 116 valence electrons. The van der Waals surface area contributed by atoms with E-state index in [0.717, 1.165) is 31.1 Å². The Kier molecular flexibility index (Phi) is 4.68. The topological polar surface area (TPSA) is 24.5 Å². The molecule has 2 saturated heterocycles. The van der Waals surface area contributed by atoms with E-state index in [9.17, 15) is 0 Å². The van der Waals surface area contributed by atoms with Crippen LogP contribution in [0.4, 0.5) is 0 Å². The predicted octanol–water partition coefficient (Wildman–Crippen LogP) is 2.66. The van der Waals surface area contributed by atoms with Crippen molar-refractivity contribution in [1.29, 1.82) is 0 Å². The van der Waals surface area contributed by atoms with Crippen LogP contribution in [0.2, 0.25) is 0 Å². The van der Waals surface area contributed by atoms with Gasteiger partial charge in [-0.25, -0.2) is 0 Å². The molecule has 3 heteroatoms. The van der Waals surface area contributed by atoms with Crippen molar-refractivity contribution < 1.29 is 4.74 Å². The molecule has 3 aliphatic rings. The van der Waals surface area contributed by atoms with Gasteiger partial charge in [0.25, 0.3) is 0 Å². The molecular formula is C17H32N2O. The number of piperazine rings is 1. The molecule has 0 spiro atoms. The molecule has 1 N–H and O–H groups in total. The first-order chi connectivity index (χ1) is 9.71. The Hall–Kier alpha value is -0.120. The van der Waals surface area contributed by atoms with Crippen molar-refractivity contribution in [3.63, 3.8) is 0 Å². The zero-order valence-electron chi connectivity index (χ0n) is 13.4. The lowest BCUT2D eigenvalue weighted by atomic mass is 9.88. The van der Waals surface area contributed by atoms with Gasteiger partial charge in [-0.3, -0.25) is 4.90 Å². The minimum atomic E-state index is 0.384. The van der Waals surface area contributed by atoms with Crippen molar-refractivity contribution in [2.24, 2.45) is 11.8 Å². The zero-order chi connectivity index (χ0) is 14.0. The maximum atomic E-state index is 5.52. The molecule has 0 bridgehead atoms. The van der Waals surface area contributed by atoms with E-state index >= 15 is 0 Å². The number of hydrogen-bond donors (Lipinski definition) is 1. The number of rotatable bonds is 5. The van der Waals surface area contributed by atoms with Crippen LogP contribution in [0.3, 0.4) is 0 Å². The number of nitrogens with one attached hydrogen (secondary N) is 1. The highest BCUT2D eigenvalue weighted by Crippen LogP contribution is 2.41. The van der Waals surface area contributed by atoms with Crippen LogP contribution in [0.25, 0.3) is 0 Å². The van der Waals surface area contributed by atoms with Crippen LogP contribution < -0.4 is 5.32 Å². The van der Waals surface area contributed by atoms with E-state index < -0.39 is 0 Å². The molecule has 0 aromatic heterocycles. The van der Waals surface area contributed by atoms with Crippen molar-refractivity contribution >= 4 is 0 Å². The molecule has 2 heterocycles. The van der Waals surface area contributed by atoms with Gasteiger partial charge in [-0.15, -0.1) is 0 Å². The first-order valence-electron chi connectivity index (χ1n) is 8.78. The van der Waals surface area contributed by atoms with Crippen LogP contribution in [-0.4, -0.2) is 49.3 Å². The average molecular weight is 280 g/mol. The van der Waals surface area contributed by atoms with Crippen LogP contribution in [0.15, 0.2) is 0 Å². The Morgan fingerprint density at radius 1 is 1.20 bits per heavy atom. The molecule has 3 nitrogen and oxygen atoms in total. The molecule has 1 saturated carbocycles. The molecule has 2 unspecified atom stereocenters. The lowest BCUT2D eigenvalue weighted by Gasteiger charge is -2.48. The van der Waals surface area contributed by atoms with Gasteiger partial charge < -0.3 is 10.1 Å². The van der Waals surface area contributed by atoms with Crippen LogP contribution in [0, 0.1) is 11.8 Å². The Morgan fingerprint density at radius 3 is 2.60 bits per heavy atom. The van der Waals surface area contributed by atoms with Gasteiger partial charge in [0, 0.05) is 44.4 Å². The third-order valence-corrected chi connectivity index (χ3v) is 5.72. The zero-order valence-corrected chi connectivity index (χ0v) is 13.4. The summed E-state index contributed by atoms with van der Waals surface area (Å²) in [6, 6.07) is 0.759. The van der Waals surface area contributed by atoms with Crippen molar-refractivity contribution in [3.8, 4) is 0 Å². The van der Waals surface area contributed by atoms with Gasteiger partial charge in [0.1, 0.15) is 0 Å². The standard InChI is InChI=1S/C17H32N2O/c1-3-4-16-11-18-17(2,15-5-6-15)13-19(16)12-14-7-9-20-10-8-14/h14-16,18H,3-13H2,1-2H3. The van der Waals surface area contributed by atoms with E-state index in [1.807, 2.05) is 0 Å². The lowest BCUT2D eigenvalue weighted by molar-refractivity contribution is 0.0185. The van der Waals surface area contributed by atoms with E-state index in [0.29, 0.717) is 5.54 Å². The second kappa shape index (κ2) is 6.33. The monoisotopic (exact) mass is 280 g/mol. The second-order valence-electron chi connectivity index (χ2n) is 7.50. The van der Waals surface area contributed by atoms with Gasteiger partial charge in [-0.2, -0.15) is 0 Å². The summed E-state index contributed by atoms with van der Waals surface area (Å²) in [7, 11) is 0. The Labute approximate surface area is 124 Å². The van der Waals surface area contributed by atoms with Gasteiger partial charge in [0.15, 0.2) is 0 Å². The largest absolute Gasteiger partial charge is 0.381 e. The molecule has 2 atom stereocenters. The number of ether oxygens (including phenoxy) is 1. The average Bonchev–Trinajstić information content (AvgIpc) is 3.28. The highest BCUT2D eigenvalue weighted by atomic mass is 16.5. The molecule has 0 amide bonds. The molecule has 3 rings (SSSR count). The SMILES string of the molecule is CCCC1CNC(C)(C2CC2)CN1CC1CCOCC1. The number of hydrogen-bond acceptors (Lipinski definition) is 3. The van der Waals surface area contributed by atoms with E-state index in [4.69, 9.17) is 4.74 Å². The summed E-state index contributed by atoms with van der Waals surface area (Å²) in [5.74, 6) is 1.80. The lowest BCUT2D eigenvalue weighted by Crippen LogP contribution is -2.64. The normalized spacial score (nSPS) is 37.2. The quantitative estimate of drug-likeness (QED) is 0.838. The number of nitrogens with zero attached hydrogens (tertiary/aromatic N) is 1. The predicted molar refractivity (Wildman–Crippen MR) is 82.9 cm³/mol. The molecular weight excluding hydrogens is 248 g/mol. The van der Waals surface area contributed by atoms with Crippen molar-refractivity contribution in [2.75, 3.05) is 32.8 Å². The van der Waals surface area contributed by atoms with Gasteiger partial charge in [-0.1, -0.05) is 13.3 Å². The Morgan fingerprint density at radius 2 is 1.95 bits per heavy atom. The Balaban J connectivity index is 1.61. The molecule has 1 aliphatic carbocycles. The maximum Gasteiger partial charge on any atom is 0.0469 e. The fourth-order valence-corrected chi connectivity index (χ4v) is 4.17. The van der Waals surface area contributed by atoms with Gasteiger partial charge in [0.05, 0.1) is 0 Å². The van der Waals surface area contributed by atoms with Crippen LogP contribution in [-0.2, 0) is 4.74 Å². The minimum absolute atomic E-state index is 0.384. The van der Waals surface area contributed by atoms with Crippen molar-refractivity contribution in [3.05, 3.63) is 0 Å². The summed E-state index contributed by atoms with van der Waals surface area (Å²) >= 11 is 0. The molecule has 0 radical (unpaired) electrons. The van der Waals surface area contributed by atoms with Crippen LogP contribution in [0.1, 0.15) is 52.4 Å².